The quantitative estimate of drug-likeness (QED) is 0.196. The summed E-state index contributed by atoms with van der Waals surface area (Å²) in [4.78, 5) is 31.6. The molecule has 3 aliphatic rings. The zero-order chi connectivity index (χ0) is 32.1. The fraction of sp³-hybridized carbons (Fsp3) is 0.541. The average molecular weight is 612 g/mol. The molecule has 2 heterocycles. The zero-order valence-electron chi connectivity index (χ0n) is 28.2. The minimum absolute atomic E-state index is 0.000179. The molecule has 8 nitrogen and oxygen atoms in total. The third kappa shape index (κ3) is 7.85. The molecule has 5 rings (SSSR count). The molecular weight excluding hydrogens is 558 g/mol. The summed E-state index contributed by atoms with van der Waals surface area (Å²) in [7, 11) is 0. The molecular formula is C37H53N7O. The van der Waals surface area contributed by atoms with Crippen molar-refractivity contribution in [2.75, 3.05) is 0 Å². The molecule has 8 heteroatoms. The Hall–Kier alpha value is -3.49. The lowest BCUT2D eigenvalue weighted by molar-refractivity contribution is -0.136. The minimum atomic E-state index is -0.500. The number of aryl methyl sites for hydroxylation is 1. The summed E-state index contributed by atoms with van der Waals surface area (Å²) in [6.45, 7) is 13.8. The molecule has 0 saturated heterocycles. The van der Waals surface area contributed by atoms with Crippen molar-refractivity contribution in [1.82, 2.24) is 30.2 Å². The van der Waals surface area contributed by atoms with Gasteiger partial charge >= 0.3 is 0 Å². The van der Waals surface area contributed by atoms with Gasteiger partial charge in [-0.25, -0.2) is 9.97 Å². The Morgan fingerprint density at radius 2 is 1.49 bits per heavy atom. The molecule has 2 aromatic rings. The average Bonchev–Trinajstić information content (AvgIpc) is 3.71. The van der Waals surface area contributed by atoms with Crippen LogP contribution < -0.4 is 11.1 Å². The highest BCUT2D eigenvalue weighted by molar-refractivity contribution is 5.82. The van der Waals surface area contributed by atoms with Gasteiger partial charge in [0.05, 0.1) is 36.7 Å². The van der Waals surface area contributed by atoms with Gasteiger partial charge < -0.3 is 25.9 Å². The first kappa shape index (κ1) is 32.9. The molecule has 0 aromatic carbocycles. The van der Waals surface area contributed by atoms with Crippen LogP contribution in [-0.4, -0.2) is 48.9 Å². The lowest BCUT2D eigenvalue weighted by atomic mass is 9.83. The predicted molar refractivity (Wildman–Crippen MR) is 184 cm³/mol. The Morgan fingerprint density at radius 1 is 0.867 bits per heavy atom. The number of imidazole rings is 2. The fourth-order valence-electron chi connectivity index (χ4n) is 6.26. The van der Waals surface area contributed by atoms with Gasteiger partial charge in [0.2, 0.25) is 5.91 Å². The van der Waals surface area contributed by atoms with Crippen LogP contribution in [0.4, 0.5) is 0 Å². The molecule has 3 unspecified atom stereocenters. The Morgan fingerprint density at radius 3 is 2.09 bits per heavy atom. The number of allylic oxidation sites excluding steroid dienone is 9. The van der Waals surface area contributed by atoms with E-state index in [0.717, 1.165) is 86.6 Å². The summed E-state index contributed by atoms with van der Waals surface area (Å²) in [5, 5.41) is 3.51. The van der Waals surface area contributed by atoms with Crippen LogP contribution in [0.5, 0.6) is 0 Å². The molecule has 0 aliphatic heterocycles. The van der Waals surface area contributed by atoms with Gasteiger partial charge in [0.25, 0.3) is 0 Å². The van der Waals surface area contributed by atoms with E-state index in [0.29, 0.717) is 12.6 Å². The number of amides is 1. The van der Waals surface area contributed by atoms with Gasteiger partial charge in [-0.1, -0.05) is 52.0 Å². The van der Waals surface area contributed by atoms with Crippen molar-refractivity contribution in [2.45, 2.75) is 124 Å². The first-order valence-corrected chi connectivity index (χ1v) is 17.1. The number of carbonyl (C=O) groups is 1. The number of carbonyl (C=O) groups excluding carboxylic acids is 1. The van der Waals surface area contributed by atoms with Crippen molar-refractivity contribution >= 4 is 17.6 Å². The highest BCUT2D eigenvalue weighted by Crippen LogP contribution is 2.37. The van der Waals surface area contributed by atoms with Crippen LogP contribution >= 0.6 is 0 Å². The van der Waals surface area contributed by atoms with E-state index in [1.807, 2.05) is 24.9 Å². The molecule has 0 bridgehead atoms. The number of nitrogens with two attached hydrogens (primary N) is 1. The lowest BCUT2D eigenvalue weighted by Crippen LogP contribution is -2.49. The standard InChI is InChI=1S/C37H53N7O/c1-7-24(5)39-21-34-40-20-33(43-34)29-15-13-27(14-16-29)26-9-11-28(12-10-26)30-17-18-31-32(19-30)42-35(41-31)22-44(25(6)8-2)37(45)36(38)23(3)4/h9,11,13,15,19-20,23-25,36,39H,7-8,10,12,14,16-18,21-22,38H2,1-6H3,(H,40,43)(H,41,42). The third-order valence-electron chi connectivity index (χ3n) is 9.87. The van der Waals surface area contributed by atoms with Gasteiger partial charge in [0.1, 0.15) is 11.6 Å². The van der Waals surface area contributed by atoms with Crippen LogP contribution in [0.2, 0.25) is 0 Å². The number of H-pyrrole nitrogens is 2. The Bertz CT molecular complexity index is 1510. The highest BCUT2D eigenvalue weighted by Gasteiger charge is 2.28. The number of rotatable bonds is 13. The fourth-order valence-corrected chi connectivity index (χ4v) is 6.26. The second-order valence-electron chi connectivity index (χ2n) is 13.4. The first-order chi connectivity index (χ1) is 21.7. The summed E-state index contributed by atoms with van der Waals surface area (Å²) in [6.07, 6.45) is 21.6. The summed E-state index contributed by atoms with van der Waals surface area (Å²) in [5.41, 5.74) is 16.6. The smallest absolute Gasteiger partial charge is 0.240 e. The normalized spacial score (nSPS) is 18.7. The van der Waals surface area contributed by atoms with E-state index in [-0.39, 0.29) is 17.9 Å². The van der Waals surface area contributed by atoms with E-state index in [2.05, 4.69) is 78.3 Å². The van der Waals surface area contributed by atoms with Crippen molar-refractivity contribution in [3.63, 3.8) is 0 Å². The molecule has 0 radical (unpaired) electrons. The van der Waals surface area contributed by atoms with E-state index in [1.165, 1.54) is 27.9 Å². The molecule has 3 aliphatic carbocycles. The first-order valence-electron chi connectivity index (χ1n) is 17.1. The van der Waals surface area contributed by atoms with Crippen LogP contribution in [0, 0.1) is 5.92 Å². The Labute approximate surface area is 269 Å². The van der Waals surface area contributed by atoms with Gasteiger partial charge in [-0.3, -0.25) is 4.79 Å². The van der Waals surface area contributed by atoms with Gasteiger partial charge in [-0.2, -0.15) is 0 Å². The van der Waals surface area contributed by atoms with Crippen molar-refractivity contribution in [3.8, 4) is 0 Å². The number of aromatic nitrogens is 4. The van der Waals surface area contributed by atoms with Crippen LogP contribution in [0.1, 0.15) is 115 Å². The number of nitrogens with zero attached hydrogens (tertiary/aromatic N) is 3. The van der Waals surface area contributed by atoms with Gasteiger partial charge in [-0.05, 0) is 105 Å². The minimum Gasteiger partial charge on any atom is -0.344 e. The van der Waals surface area contributed by atoms with Crippen molar-refractivity contribution in [3.05, 3.63) is 81.5 Å². The maximum Gasteiger partial charge on any atom is 0.240 e. The van der Waals surface area contributed by atoms with E-state index in [4.69, 9.17) is 10.7 Å². The molecule has 1 amide bonds. The molecule has 3 atom stereocenters. The second-order valence-corrected chi connectivity index (χ2v) is 13.4. The zero-order valence-corrected chi connectivity index (χ0v) is 28.2. The van der Waals surface area contributed by atoms with Crippen LogP contribution in [0.25, 0.3) is 11.6 Å². The monoisotopic (exact) mass is 611 g/mol. The maximum atomic E-state index is 13.2. The van der Waals surface area contributed by atoms with Crippen molar-refractivity contribution < 1.29 is 4.79 Å². The van der Waals surface area contributed by atoms with Crippen LogP contribution in [-0.2, 0) is 24.3 Å². The second kappa shape index (κ2) is 14.7. The molecule has 45 heavy (non-hydrogen) atoms. The molecule has 0 fully saturated rings. The predicted octanol–water partition coefficient (Wildman–Crippen LogP) is 6.91. The highest BCUT2D eigenvalue weighted by atomic mass is 16.2. The van der Waals surface area contributed by atoms with Crippen LogP contribution in [0.3, 0.4) is 0 Å². The van der Waals surface area contributed by atoms with E-state index in [1.54, 1.807) is 0 Å². The largest absolute Gasteiger partial charge is 0.344 e. The maximum absolute atomic E-state index is 13.2. The van der Waals surface area contributed by atoms with Crippen molar-refractivity contribution in [1.29, 1.82) is 0 Å². The SMILES string of the molecule is CCC(C)NCc1ncc(C2=CC=C(C3=CC=C(C4=Cc5nc(CN(C(=O)C(N)C(C)C)C(C)CC)[nH]c5CC4)CC3)CC2)[nH]1. The van der Waals surface area contributed by atoms with Crippen LogP contribution in [0.15, 0.2) is 52.8 Å². The number of hydrogen-bond acceptors (Lipinski definition) is 5. The van der Waals surface area contributed by atoms with E-state index >= 15 is 0 Å². The summed E-state index contributed by atoms with van der Waals surface area (Å²) >= 11 is 0. The van der Waals surface area contributed by atoms with Gasteiger partial charge in [-0.15, -0.1) is 0 Å². The summed E-state index contributed by atoms with van der Waals surface area (Å²) in [6, 6.07) is 0.0930. The number of nitrogens with one attached hydrogen (secondary N) is 3. The number of fused-ring (bicyclic) bond motifs is 1. The van der Waals surface area contributed by atoms with E-state index < -0.39 is 6.04 Å². The third-order valence-corrected chi connectivity index (χ3v) is 9.87. The molecule has 242 valence electrons. The number of aromatic amines is 2. The van der Waals surface area contributed by atoms with Gasteiger partial charge in [0, 0.05) is 17.8 Å². The molecule has 2 aromatic heterocycles. The summed E-state index contributed by atoms with van der Waals surface area (Å²) < 4.78 is 0. The van der Waals surface area contributed by atoms with E-state index in [9.17, 15) is 4.79 Å². The molecule has 5 N–H and O–H groups in total. The lowest BCUT2D eigenvalue weighted by Gasteiger charge is -2.31. The molecule has 0 saturated carbocycles. The molecule has 0 spiro atoms. The Balaban J connectivity index is 1.24. The number of hydrogen-bond donors (Lipinski definition) is 4. The van der Waals surface area contributed by atoms with Crippen molar-refractivity contribution in [2.24, 2.45) is 11.7 Å². The Kier molecular flexibility index (Phi) is 10.8. The van der Waals surface area contributed by atoms with Gasteiger partial charge in [0.15, 0.2) is 0 Å². The topological polar surface area (TPSA) is 116 Å². The summed E-state index contributed by atoms with van der Waals surface area (Å²) in [5.74, 6) is 1.94.